The molecule has 0 aromatic carbocycles. The summed E-state index contributed by atoms with van der Waals surface area (Å²) >= 11 is 0. The van der Waals surface area contributed by atoms with Crippen LogP contribution >= 0.6 is 0 Å². The number of carbonyl (C=O) groups is 1. The molecule has 0 bridgehead atoms. The first-order valence-electron chi connectivity index (χ1n) is 6.18. The van der Waals surface area contributed by atoms with E-state index in [4.69, 9.17) is 10.2 Å². The Morgan fingerprint density at radius 2 is 2.31 bits per heavy atom. The number of nitrogens with zero attached hydrogens (tertiary/aromatic N) is 1. The molecule has 0 spiro atoms. The largest absolute Gasteiger partial charge is 0.481 e. The van der Waals surface area contributed by atoms with Crippen molar-refractivity contribution >= 4 is 5.97 Å². The van der Waals surface area contributed by atoms with Gasteiger partial charge in [-0.15, -0.1) is 0 Å². The fourth-order valence-electron chi connectivity index (χ4n) is 2.50. The lowest BCUT2D eigenvalue weighted by Crippen LogP contribution is -2.39. The van der Waals surface area contributed by atoms with Gasteiger partial charge in [0.2, 0.25) is 0 Å². The first-order chi connectivity index (χ1) is 7.63. The van der Waals surface area contributed by atoms with Crippen molar-refractivity contribution < 1.29 is 15.0 Å². The van der Waals surface area contributed by atoms with Gasteiger partial charge >= 0.3 is 5.97 Å². The van der Waals surface area contributed by atoms with Gasteiger partial charge in [0.1, 0.15) is 0 Å². The highest BCUT2D eigenvalue weighted by Crippen LogP contribution is 2.26. The highest BCUT2D eigenvalue weighted by atomic mass is 16.4. The predicted octanol–water partition coefficient (Wildman–Crippen LogP) is 1.19. The summed E-state index contributed by atoms with van der Waals surface area (Å²) in [4.78, 5) is 13.0. The van der Waals surface area contributed by atoms with E-state index in [1.165, 1.54) is 0 Å². The molecule has 1 heterocycles. The maximum absolute atomic E-state index is 10.7. The van der Waals surface area contributed by atoms with Gasteiger partial charge in [0.25, 0.3) is 0 Å². The van der Waals surface area contributed by atoms with E-state index in [-0.39, 0.29) is 18.9 Å². The van der Waals surface area contributed by atoms with Crippen molar-refractivity contribution in [3.05, 3.63) is 0 Å². The molecule has 0 saturated carbocycles. The lowest BCUT2D eigenvalue weighted by atomic mass is 9.84. The highest BCUT2D eigenvalue weighted by molar-refractivity contribution is 5.66. The van der Waals surface area contributed by atoms with Crippen LogP contribution in [0, 0.1) is 11.8 Å². The fraction of sp³-hybridized carbons (Fsp3) is 0.917. The van der Waals surface area contributed by atoms with Gasteiger partial charge in [0, 0.05) is 26.1 Å². The second-order valence-corrected chi connectivity index (χ2v) is 4.86. The van der Waals surface area contributed by atoms with Crippen LogP contribution in [-0.4, -0.2) is 47.3 Å². The van der Waals surface area contributed by atoms with Crippen LogP contribution in [0.5, 0.6) is 0 Å². The van der Waals surface area contributed by atoms with Crippen LogP contribution in [-0.2, 0) is 4.79 Å². The Labute approximate surface area is 97.3 Å². The normalized spacial score (nSPS) is 24.2. The van der Waals surface area contributed by atoms with E-state index in [2.05, 4.69) is 4.90 Å². The zero-order valence-electron chi connectivity index (χ0n) is 10.1. The summed E-state index contributed by atoms with van der Waals surface area (Å²) in [6.45, 7) is 5.30. The van der Waals surface area contributed by atoms with Crippen LogP contribution in [0.1, 0.15) is 32.6 Å². The topological polar surface area (TPSA) is 60.8 Å². The second-order valence-electron chi connectivity index (χ2n) is 4.86. The first kappa shape index (κ1) is 13.5. The van der Waals surface area contributed by atoms with Crippen LogP contribution in [0.2, 0.25) is 0 Å². The van der Waals surface area contributed by atoms with E-state index >= 15 is 0 Å². The van der Waals surface area contributed by atoms with Crippen molar-refractivity contribution in [2.24, 2.45) is 11.8 Å². The van der Waals surface area contributed by atoms with Gasteiger partial charge in [-0.3, -0.25) is 4.79 Å². The minimum Gasteiger partial charge on any atom is -0.481 e. The molecule has 1 aliphatic rings. The quantitative estimate of drug-likeness (QED) is 0.718. The van der Waals surface area contributed by atoms with Crippen molar-refractivity contribution in [3.63, 3.8) is 0 Å². The average Bonchev–Trinajstić information content (AvgIpc) is 2.26. The lowest BCUT2D eigenvalue weighted by Gasteiger charge is -2.35. The van der Waals surface area contributed by atoms with E-state index in [1.807, 2.05) is 6.92 Å². The average molecular weight is 229 g/mol. The Bertz CT molecular complexity index is 220. The molecule has 2 N–H and O–H groups in total. The number of aliphatic hydroxyl groups is 1. The molecule has 4 nitrogen and oxygen atoms in total. The van der Waals surface area contributed by atoms with E-state index in [0.717, 1.165) is 38.9 Å². The Morgan fingerprint density at radius 1 is 1.56 bits per heavy atom. The van der Waals surface area contributed by atoms with Crippen molar-refractivity contribution in [2.45, 2.75) is 32.6 Å². The van der Waals surface area contributed by atoms with Crippen molar-refractivity contribution in [1.82, 2.24) is 4.90 Å². The van der Waals surface area contributed by atoms with Gasteiger partial charge in [-0.05, 0) is 37.6 Å². The molecule has 4 heteroatoms. The third-order valence-corrected chi connectivity index (χ3v) is 3.48. The van der Waals surface area contributed by atoms with E-state index in [9.17, 15) is 4.79 Å². The summed E-state index contributed by atoms with van der Waals surface area (Å²) < 4.78 is 0. The zero-order chi connectivity index (χ0) is 12.0. The van der Waals surface area contributed by atoms with Gasteiger partial charge in [-0.25, -0.2) is 0 Å². The number of likely N-dealkylation sites (tertiary alicyclic amines) is 1. The van der Waals surface area contributed by atoms with Gasteiger partial charge in [0.15, 0.2) is 0 Å². The third-order valence-electron chi connectivity index (χ3n) is 3.48. The third kappa shape index (κ3) is 4.49. The van der Waals surface area contributed by atoms with Gasteiger partial charge in [-0.2, -0.15) is 0 Å². The number of aliphatic carboxylic acids is 1. The Kier molecular flexibility index (Phi) is 5.77. The summed E-state index contributed by atoms with van der Waals surface area (Å²) in [7, 11) is 0. The SMILES string of the molecule is CC(CC(=O)O)C1CCCN(CCCO)C1. The zero-order valence-corrected chi connectivity index (χ0v) is 10.1. The monoisotopic (exact) mass is 229 g/mol. The number of hydrogen-bond acceptors (Lipinski definition) is 3. The van der Waals surface area contributed by atoms with Crippen molar-refractivity contribution in [2.75, 3.05) is 26.2 Å². The Morgan fingerprint density at radius 3 is 2.94 bits per heavy atom. The molecule has 1 saturated heterocycles. The number of aliphatic hydroxyl groups excluding tert-OH is 1. The Hall–Kier alpha value is -0.610. The summed E-state index contributed by atoms with van der Waals surface area (Å²) in [6.07, 6.45) is 3.39. The molecule has 2 unspecified atom stereocenters. The van der Waals surface area contributed by atoms with Crippen LogP contribution in [0.25, 0.3) is 0 Å². The van der Waals surface area contributed by atoms with Crippen molar-refractivity contribution in [1.29, 1.82) is 0 Å². The van der Waals surface area contributed by atoms with E-state index in [0.29, 0.717) is 5.92 Å². The molecule has 0 aromatic heterocycles. The molecule has 94 valence electrons. The first-order valence-corrected chi connectivity index (χ1v) is 6.18. The van der Waals surface area contributed by atoms with Crippen molar-refractivity contribution in [3.8, 4) is 0 Å². The minimum absolute atomic E-state index is 0.242. The molecule has 0 aromatic rings. The number of carboxylic acids is 1. The van der Waals surface area contributed by atoms with Gasteiger partial charge in [-0.1, -0.05) is 6.92 Å². The lowest BCUT2D eigenvalue weighted by molar-refractivity contribution is -0.138. The molecule has 1 rings (SSSR count). The summed E-state index contributed by atoms with van der Waals surface area (Å²) in [6, 6.07) is 0. The number of carboxylic acid groups (broad SMARTS) is 1. The second kappa shape index (κ2) is 6.86. The van der Waals surface area contributed by atoms with E-state index < -0.39 is 5.97 Å². The van der Waals surface area contributed by atoms with Gasteiger partial charge in [0.05, 0.1) is 0 Å². The maximum atomic E-state index is 10.7. The molecule has 1 aliphatic heterocycles. The number of piperidine rings is 1. The van der Waals surface area contributed by atoms with Crippen LogP contribution in [0.4, 0.5) is 0 Å². The van der Waals surface area contributed by atoms with Crippen LogP contribution in [0.15, 0.2) is 0 Å². The molecule has 16 heavy (non-hydrogen) atoms. The standard InChI is InChI=1S/C12H23NO3/c1-10(8-12(15)16)11-4-2-5-13(9-11)6-3-7-14/h10-11,14H,2-9H2,1H3,(H,15,16). The molecule has 0 amide bonds. The number of hydrogen-bond donors (Lipinski definition) is 2. The van der Waals surface area contributed by atoms with Crippen LogP contribution in [0.3, 0.4) is 0 Å². The van der Waals surface area contributed by atoms with Crippen LogP contribution < -0.4 is 0 Å². The molecule has 1 fully saturated rings. The Balaban J connectivity index is 2.34. The molecular formula is C12H23NO3. The smallest absolute Gasteiger partial charge is 0.303 e. The van der Waals surface area contributed by atoms with E-state index in [1.54, 1.807) is 0 Å². The summed E-state index contributed by atoms with van der Waals surface area (Å²) in [5.41, 5.74) is 0. The summed E-state index contributed by atoms with van der Waals surface area (Å²) in [5.74, 6) is 0.0675. The summed E-state index contributed by atoms with van der Waals surface area (Å²) in [5, 5.41) is 17.6. The number of rotatable bonds is 6. The predicted molar refractivity (Wildman–Crippen MR) is 62.3 cm³/mol. The molecule has 0 aliphatic carbocycles. The maximum Gasteiger partial charge on any atom is 0.303 e. The molecule has 2 atom stereocenters. The fourth-order valence-corrected chi connectivity index (χ4v) is 2.50. The molecular weight excluding hydrogens is 206 g/mol. The highest BCUT2D eigenvalue weighted by Gasteiger charge is 2.25. The van der Waals surface area contributed by atoms with Gasteiger partial charge < -0.3 is 15.1 Å². The minimum atomic E-state index is -0.694. The molecule has 0 radical (unpaired) electrons.